The fourth-order valence-electron chi connectivity index (χ4n) is 9.12. The van der Waals surface area contributed by atoms with Crippen LogP contribution in [0, 0.1) is 5.41 Å². The molecule has 10 nitrogen and oxygen atoms in total. The van der Waals surface area contributed by atoms with Crippen LogP contribution >= 0.6 is 22.9 Å². The molecule has 4 fully saturated rings. The quantitative estimate of drug-likeness (QED) is 0.166. The number of ether oxygens (including phenoxy) is 2. The Bertz CT molecular complexity index is 1720. The van der Waals surface area contributed by atoms with E-state index < -0.39 is 18.2 Å². The minimum Gasteiger partial charge on any atom is -0.409 e. The number of thiophene rings is 1. The normalized spacial score (nSPS) is 24.0. The summed E-state index contributed by atoms with van der Waals surface area (Å²) >= 11 is 7.93. The number of nitrogens with one attached hydrogen (secondary N) is 1. The molecule has 0 unspecified atom stereocenters. The molecule has 2 amide bonds. The van der Waals surface area contributed by atoms with Gasteiger partial charge in [-0.15, -0.1) is 11.3 Å². The molecule has 0 bridgehead atoms. The van der Waals surface area contributed by atoms with E-state index in [9.17, 15) is 14.4 Å². The van der Waals surface area contributed by atoms with Gasteiger partial charge in [0.05, 0.1) is 30.8 Å². The van der Waals surface area contributed by atoms with Crippen LogP contribution in [0.5, 0.6) is 5.75 Å². The molecular formula is C44H58ClN5O5S. The third-order valence-corrected chi connectivity index (χ3v) is 13.6. The number of carbonyl (C=O) groups excluding carboxylic acids is 3. The van der Waals surface area contributed by atoms with Gasteiger partial charge in [-0.1, -0.05) is 66.6 Å². The van der Waals surface area contributed by atoms with Gasteiger partial charge >= 0.3 is 6.09 Å². The first-order valence-electron chi connectivity index (χ1n) is 20.7. The van der Waals surface area contributed by atoms with Gasteiger partial charge in [0.25, 0.3) is 0 Å². The number of halogens is 1. The van der Waals surface area contributed by atoms with Crippen molar-refractivity contribution in [2.45, 2.75) is 88.9 Å². The van der Waals surface area contributed by atoms with Crippen molar-refractivity contribution in [2.24, 2.45) is 5.41 Å². The lowest BCUT2D eigenvalue weighted by molar-refractivity contribution is -0.144. The van der Waals surface area contributed by atoms with Crippen LogP contribution < -0.4 is 10.1 Å². The monoisotopic (exact) mass is 803 g/mol. The number of benzene rings is 2. The second-order valence-corrected chi connectivity index (χ2v) is 17.7. The minimum atomic E-state index is -0.753. The van der Waals surface area contributed by atoms with Gasteiger partial charge in [0.15, 0.2) is 11.5 Å². The van der Waals surface area contributed by atoms with Crippen LogP contribution in [0.2, 0.25) is 5.02 Å². The Hall–Kier alpha value is -3.32. The molecule has 1 spiro atoms. The summed E-state index contributed by atoms with van der Waals surface area (Å²) < 4.78 is 11.2. The smallest absolute Gasteiger partial charge is 0.409 e. The highest BCUT2D eigenvalue weighted by Gasteiger charge is 2.43. The number of morpholine rings is 1. The Balaban J connectivity index is 1.02. The largest absolute Gasteiger partial charge is 0.415 e. The summed E-state index contributed by atoms with van der Waals surface area (Å²) in [5.74, 6) is 0.212. The van der Waals surface area contributed by atoms with Crippen LogP contribution in [0.15, 0.2) is 72.1 Å². The van der Waals surface area contributed by atoms with E-state index >= 15 is 0 Å². The lowest BCUT2D eigenvalue weighted by Crippen LogP contribution is -2.63. The topological polar surface area (TPSA) is 94.7 Å². The van der Waals surface area contributed by atoms with Gasteiger partial charge in [0.2, 0.25) is 5.91 Å². The predicted molar refractivity (Wildman–Crippen MR) is 221 cm³/mol. The lowest BCUT2D eigenvalue weighted by atomic mass is 9.72. The molecule has 3 saturated heterocycles. The van der Waals surface area contributed by atoms with Crippen molar-refractivity contribution < 1.29 is 23.9 Å². The number of para-hydroxylation sites is 1. The van der Waals surface area contributed by atoms with E-state index in [2.05, 4.69) is 45.4 Å². The van der Waals surface area contributed by atoms with Crippen LogP contribution in [0.25, 0.3) is 0 Å². The van der Waals surface area contributed by atoms with E-state index in [1.807, 2.05) is 17.5 Å². The first-order valence-corrected chi connectivity index (χ1v) is 22.0. The van der Waals surface area contributed by atoms with Gasteiger partial charge in [0.1, 0.15) is 6.04 Å². The number of likely N-dealkylation sites (tertiary alicyclic amines) is 1. The Morgan fingerprint density at radius 2 is 1.68 bits per heavy atom. The molecule has 1 saturated carbocycles. The van der Waals surface area contributed by atoms with Crippen molar-refractivity contribution in [1.82, 2.24) is 24.9 Å². The standard InChI is InChI=1S/C44H58ClN5O5S/c45-37-12-4-5-14-41(37)55-43(53)49-24-25-50(39(32-49)40(51)16-15-36-11-8-30-56-36)42(52)38(13-6-7-22-47-26-28-54-29-27-47)46-35-17-19-44(20-18-35)21-23-48(33-44)31-34-9-2-1-3-10-34/h1-5,8-12,14,30,35,38-39,46H,6-7,13,15-29,31-33H2/t35?,38-,39+,44?/m1/s1. The number of amides is 2. The van der Waals surface area contributed by atoms with Gasteiger partial charge < -0.3 is 24.6 Å². The Morgan fingerprint density at radius 1 is 0.893 bits per heavy atom. The van der Waals surface area contributed by atoms with Gasteiger partial charge in [-0.05, 0) is 99.0 Å². The third kappa shape index (κ3) is 11.0. The summed E-state index contributed by atoms with van der Waals surface area (Å²) in [7, 11) is 0. The number of Topliss-reactive ketones (excluding diaryl/α,β-unsaturated/α-hetero) is 1. The van der Waals surface area contributed by atoms with Crippen molar-refractivity contribution in [3.8, 4) is 5.75 Å². The van der Waals surface area contributed by atoms with Crippen LogP contribution in [-0.4, -0.2) is 121 Å². The number of rotatable bonds is 15. The Labute approximate surface area is 341 Å². The minimum absolute atomic E-state index is 0.0276. The maximum absolute atomic E-state index is 14.8. The van der Waals surface area contributed by atoms with Gasteiger partial charge in [-0.25, -0.2) is 4.79 Å². The second kappa shape index (κ2) is 19.9. The van der Waals surface area contributed by atoms with Crippen molar-refractivity contribution in [3.05, 3.63) is 87.6 Å². The molecule has 12 heteroatoms. The number of hydrogen-bond acceptors (Lipinski definition) is 9. The Kier molecular flexibility index (Phi) is 14.5. The van der Waals surface area contributed by atoms with E-state index in [0.29, 0.717) is 29.7 Å². The first kappa shape index (κ1) is 40.9. The number of ketones is 1. The molecule has 302 valence electrons. The number of aryl methyl sites for hydroxylation is 1. The third-order valence-electron chi connectivity index (χ3n) is 12.4. The van der Waals surface area contributed by atoms with Gasteiger partial charge in [0, 0.05) is 56.6 Å². The predicted octanol–water partition coefficient (Wildman–Crippen LogP) is 6.91. The van der Waals surface area contributed by atoms with Crippen molar-refractivity contribution >= 4 is 40.7 Å². The van der Waals surface area contributed by atoms with E-state index in [1.54, 1.807) is 45.4 Å². The van der Waals surface area contributed by atoms with Crippen molar-refractivity contribution in [3.63, 3.8) is 0 Å². The lowest BCUT2D eigenvalue weighted by Gasteiger charge is -2.43. The van der Waals surface area contributed by atoms with Gasteiger partial charge in [-0.2, -0.15) is 0 Å². The number of hydrogen-bond donors (Lipinski definition) is 1. The molecule has 2 aromatic carbocycles. The van der Waals surface area contributed by atoms with E-state index in [1.165, 1.54) is 12.0 Å². The highest BCUT2D eigenvalue weighted by Crippen LogP contribution is 2.44. The summed E-state index contributed by atoms with van der Waals surface area (Å²) in [6.07, 6.45) is 8.59. The van der Waals surface area contributed by atoms with Crippen molar-refractivity contribution in [2.75, 3.05) is 65.6 Å². The first-order chi connectivity index (χ1) is 27.3. The molecule has 4 heterocycles. The van der Waals surface area contributed by atoms with Crippen molar-refractivity contribution in [1.29, 1.82) is 0 Å². The molecule has 3 aromatic rings. The highest BCUT2D eigenvalue weighted by molar-refractivity contribution is 7.09. The number of nitrogens with zero attached hydrogens (tertiary/aromatic N) is 4. The molecule has 1 aromatic heterocycles. The zero-order chi connectivity index (χ0) is 38.7. The fraction of sp³-hybridized carbons (Fsp3) is 0.568. The SMILES string of the molecule is O=C(CCc1cccs1)[C@@H]1CN(C(=O)Oc2ccccc2Cl)CCN1C(=O)[C@@H](CCCCN1CCOCC1)NC1CCC2(CC1)CCN(Cc1ccccc1)C2. The number of carbonyl (C=O) groups is 3. The van der Waals surface area contributed by atoms with E-state index in [-0.39, 0.29) is 43.1 Å². The molecule has 7 rings (SSSR count). The zero-order valence-electron chi connectivity index (χ0n) is 32.6. The molecule has 0 radical (unpaired) electrons. The number of unbranched alkanes of at least 4 members (excludes halogenated alkanes) is 1. The average Bonchev–Trinajstić information content (AvgIpc) is 3.90. The Morgan fingerprint density at radius 3 is 2.45 bits per heavy atom. The fourth-order valence-corrected chi connectivity index (χ4v) is 10.0. The zero-order valence-corrected chi connectivity index (χ0v) is 34.2. The summed E-state index contributed by atoms with van der Waals surface area (Å²) in [6.45, 7) is 8.35. The molecule has 1 aliphatic carbocycles. The molecule has 4 aliphatic rings. The van der Waals surface area contributed by atoms with E-state index in [0.717, 1.165) is 95.9 Å². The van der Waals surface area contributed by atoms with Crippen LogP contribution in [0.1, 0.15) is 68.2 Å². The summed E-state index contributed by atoms with van der Waals surface area (Å²) in [6, 6.07) is 20.7. The summed E-state index contributed by atoms with van der Waals surface area (Å²) in [5, 5.41) is 6.22. The molecule has 56 heavy (non-hydrogen) atoms. The van der Waals surface area contributed by atoms with Crippen LogP contribution in [0.4, 0.5) is 4.79 Å². The molecule has 2 atom stereocenters. The second-order valence-electron chi connectivity index (χ2n) is 16.2. The number of piperazine rings is 1. The average molecular weight is 804 g/mol. The molecule has 1 N–H and O–H groups in total. The summed E-state index contributed by atoms with van der Waals surface area (Å²) in [5.41, 5.74) is 1.72. The van der Waals surface area contributed by atoms with E-state index in [4.69, 9.17) is 21.1 Å². The highest BCUT2D eigenvalue weighted by atomic mass is 35.5. The maximum atomic E-state index is 14.8. The molecule has 3 aliphatic heterocycles. The maximum Gasteiger partial charge on any atom is 0.415 e. The van der Waals surface area contributed by atoms with Crippen LogP contribution in [0.3, 0.4) is 0 Å². The van der Waals surface area contributed by atoms with Gasteiger partial charge in [-0.3, -0.25) is 19.4 Å². The summed E-state index contributed by atoms with van der Waals surface area (Å²) in [4.78, 5) is 51.9. The molecular weight excluding hydrogens is 746 g/mol. The van der Waals surface area contributed by atoms with Crippen LogP contribution in [-0.2, 0) is 27.3 Å².